The molecule has 1 rings (SSSR count). The second-order valence-electron chi connectivity index (χ2n) is 2.43. The minimum absolute atomic E-state index is 0.205. The molecule has 2 heteroatoms. The Kier molecular flexibility index (Phi) is 3.83. The smallest absolute Gasteiger partial charge is 0.0837 e. The topological polar surface area (TPSA) is 4.36 Å². The molecule has 0 amide bonds. The minimum Gasteiger partial charge on any atom is -0.0837 e. The van der Waals surface area contributed by atoms with Crippen LogP contribution in [0.4, 0.5) is 0 Å². The first-order valence-electron chi connectivity index (χ1n) is 3.86. The SMILES string of the molecule is CC#[N+]C(CBr)c1ccccc1. The molecule has 1 atom stereocenters. The summed E-state index contributed by atoms with van der Waals surface area (Å²) in [4.78, 5) is 4.22. The number of hydrogen-bond acceptors (Lipinski definition) is 0. The zero-order chi connectivity index (χ0) is 8.81. The van der Waals surface area contributed by atoms with E-state index in [4.69, 9.17) is 0 Å². The van der Waals surface area contributed by atoms with Crippen LogP contribution in [0.2, 0.25) is 0 Å². The van der Waals surface area contributed by atoms with Crippen LogP contribution in [-0.2, 0) is 0 Å². The molecule has 0 fully saturated rings. The Balaban J connectivity index is 2.85. The summed E-state index contributed by atoms with van der Waals surface area (Å²) in [6.07, 6.45) is 0. The van der Waals surface area contributed by atoms with Gasteiger partial charge in [0.1, 0.15) is 0 Å². The number of nitrogens with zero attached hydrogens (tertiary/aromatic N) is 1. The van der Waals surface area contributed by atoms with Gasteiger partial charge in [0.25, 0.3) is 6.07 Å². The van der Waals surface area contributed by atoms with Crippen molar-refractivity contribution < 1.29 is 0 Å². The average Bonchev–Trinajstić information content (AvgIpc) is 2.15. The van der Waals surface area contributed by atoms with Crippen molar-refractivity contribution in [2.24, 2.45) is 0 Å². The highest BCUT2D eigenvalue weighted by Gasteiger charge is 2.16. The van der Waals surface area contributed by atoms with Gasteiger partial charge >= 0.3 is 6.04 Å². The number of benzene rings is 1. The van der Waals surface area contributed by atoms with Crippen molar-refractivity contribution in [2.45, 2.75) is 13.0 Å². The predicted octanol–water partition coefficient (Wildman–Crippen LogP) is 3.48. The lowest BCUT2D eigenvalue weighted by atomic mass is 10.1. The molecule has 0 spiro atoms. The van der Waals surface area contributed by atoms with Crippen LogP contribution in [0.15, 0.2) is 30.3 Å². The standard InChI is InChI=1S/C10H11BrN/c1-2-12-10(8-11)9-6-4-3-5-7-9/h3-7,10H,8H2,1H3/q+1. The molecule has 12 heavy (non-hydrogen) atoms. The van der Waals surface area contributed by atoms with E-state index in [2.05, 4.69) is 39.0 Å². The fourth-order valence-electron chi connectivity index (χ4n) is 1.03. The minimum atomic E-state index is 0.205. The summed E-state index contributed by atoms with van der Waals surface area (Å²) in [5.41, 5.74) is 1.23. The Morgan fingerprint density at radius 2 is 2.08 bits per heavy atom. The Morgan fingerprint density at radius 3 is 2.58 bits per heavy atom. The van der Waals surface area contributed by atoms with Gasteiger partial charge in [-0.2, -0.15) is 0 Å². The van der Waals surface area contributed by atoms with Gasteiger partial charge in [0, 0.05) is 5.56 Å². The normalized spacial score (nSPS) is 11.5. The zero-order valence-electron chi connectivity index (χ0n) is 7.00. The summed E-state index contributed by atoms with van der Waals surface area (Å²) in [6.45, 7) is 1.82. The van der Waals surface area contributed by atoms with Gasteiger partial charge in [-0.15, -0.1) is 0 Å². The molecule has 1 aromatic carbocycles. The van der Waals surface area contributed by atoms with Crippen molar-refractivity contribution in [3.05, 3.63) is 40.7 Å². The Bertz CT molecular complexity index is 284. The summed E-state index contributed by atoms with van der Waals surface area (Å²) in [7, 11) is 0. The Hall–Kier alpha value is -0.810. The fraction of sp³-hybridized carbons (Fsp3) is 0.300. The molecule has 0 aliphatic rings. The van der Waals surface area contributed by atoms with E-state index >= 15 is 0 Å². The molecular formula is C10H11BrN+. The van der Waals surface area contributed by atoms with Crippen LogP contribution < -0.4 is 0 Å². The lowest BCUT2D eigenvalue weighted by Gasteiger charge is -1.95. The van der Waals surface area contributed by atoms with E-state index < -0.39 is 0 Å². The first-order chi connectivity index (χ1) is 5.88. The van der Waals surface area contributed by atoms with Crippen LogP contribution >= 0.6 is 15.9 Å². The fourth-order valence-corrected chi connectivity index (χ4v) is 1.55. The first kappa shape index (κ1) is 9.28. The molecule has 1 nitrogen and oxygen atoms in total. The molecule has 1 aromatic rings. The van der Waals surface area contributed by atoms with Crippen molar-refractivity contribution in [1.82, 2.24) is 0 Å². The van der Waals surface area contributed by atoms with Gasteiger partial charge in [-0.3, -0.25) is 0 Å². The van der Waals surface area contributed by atoms with Crippen LogP contribution in [0, 0.1) is 6.07 Å². The van der Waals surface area contributed by atoms with E-state index in [9.17, 15) is 0 Å². The van der Waals surface area contributed by atoms with Crippen molar-refractivity contribution in [2.75, 3.05) is 5.33 Å². The van der Waals surface area contributed by atoms with Gasteiger partial charge in [0.2, 0.25) is 0 Å². The maximum Gasteiger partial charge on any atom is 0.306 e. The average molecular weight is 225 g/mol. The van der Waals surface area contributed by atoms with E-state index in [0.717, 1.165) is 5.33 Å². The van der Waals surface area contributed by atoms with E-state index in [0.29, 0.717) is 0 Å². The maximum atomic E-state index is 4.22. The molecule has 1 unspecified atom stereocenters. The van der Waals surface area contributed by atoms with Gasteiger partial charge < -0.3 is 0 Å². The quantitative estimate of drug-likeness (QED) is 0.678. The lowest BCUT2D eigenvalue weighted by molar-refractivity contribution is 0.986. The monoisotopic (exact) mass is 224 g/mol. The van der Waals surface area contributed by atoms with Gasteiger partial charge in [-0.25, -0.2) is 0 Å². The van der Waals surface area contributed by atoms with Crippen LogP contribution in [-0.4, -0.2) is 5.33 Å². The first-order valence-corrected chi connectivity index (χ1v) is 4.98. The molecular weight excluding hydrogens is 214 g/mol. The number of alkyl halides is 1. The molecule has 0 saturated carbocycles. The largest absolute Gasteiger partial charge is 0.306 e. The second kappa shape index (κ2) is 4.95. The highest BCUT2D eigenvalue weighted by atomic mass is 79.9. The highest BCUT2D eigenvalue weighted by Crippen LogP contribution is 2.18. The van der Waals surface area contributed by atoms with Crippen molar-refractivity contribution in [3.63, 3.8) is 0 Å². The molecule has 0 radical (unpaired) electrons. The molecule has 0 bridgehead atoms. The predicted molar refractivity (Wildman–Crippen MR) is 55.9 cm³/mol. The van der Waals surface area contributed by atoms with Gasteiger partial charge in [0.05, 0.1) is 12.3 Å². The van der Waals surface area contributed by atoms with Crippen molar-refractivity contribution in [3.8, 4) is 6.07 Å². The highest BCUT2D eigenvalue weighted by molar-refractivity contribution is 9.09. The van der Waals surface area contributed by atoms with Crippen LogP contribution in [0.1, 0.15) is 18.5 Å². The van der Waals surface area contributed by atoms with Crippen LogP contribution in [0.25, 0.3) is 4.85 Å². The lowest BCUT2D eigenvalue weighted by Crippen LogP contribution is -1.92. The van der Waals surface area contributed by atoms with Gasteiger partial charge in [-0.05, 0) is 0 Å². The Labute approximate surface area is 81.4 Å². The molecule has 0 aliphatic carbocycles. The summed E-state index contributed by atoms with van der Waals surface area (Å²) in [5, 5.41) is 0.845. The van der Waals surface area contributed by atoms with Crippen molar-refractivity contribution in [1.29, 1.82) is 0 Å². The molecule has 0 saturated heterocycles. The van der Waals surface area contributed by atoms with Gasteiger partial charge in [0.15, 0.2) is 0 Å². The molecule has 0 heterocycles. The van der Waals surface area contributed by atoms with E-state index in [1.54, 1.807) is 0 Å². The number of rotatable bonds is 2. The Morgan fingerprint density at radius 1 is 1.42 bits per heavy atom. The van der Waals surface area contributed by atoms with Crippen molar-refractivity contribution >= 4 is 15.9 Å². The molecule has 0 aromatic heterocycles. The van der Waals surface area contributed by atoms with Gasteiger partial charge in [-0.1, -0.05) is 51.1 Å². The molecule has 0 aliphatic heterocycles. The summed E-state index contributed by atoms with van der Waals surface area (Å²) in [5.74, 6) is 0. The number of hydrogen-bond donors (Lipinski definition) is 0. The molecule has 0 N–H and O–H groups in total. The van der Waals surface area contributed by atoms with E-state index in [1.165, 1.54) is 5.56 Å². The maximum absolute atomic E-state index is 4.22. The summed E-state index contributed by atoms with van der Waals surface area (Å²) < 4.78 is 0. The van der Waals surface area contributed by atoms with E-state index in [1.807, 2.05) is 25.1 Å². The van der Waals surface area contributed by atoms with E-state index in [-0.39, 0.29) is 6.04 Å². The molecule has 62 valence electrons. The zero-order valence-corrected chi connectivity index (χ0v) is 8.58. The summed E-state index contributed by atoms with van der Waals surface area (Å²) in [6, 6.07) is 13.2. The third-order valence-electron chi connectivity index (χ3n) is 1.62. The summed E-state index contributed by atoms with van der Waals surface area (Å²) >= 11 is 3.42. The number of halogens is 1. The third-order valence-corrected chi connectivity index (χ3v) is 2.23. The third kappa shape index (κ3) is 2.35. The van der Waals surface area contributed by atoms with Crippen LogP contribution in [0.5, 0.6) is 0 Å². The second-order valence-corrected chi connectivity index (χ2v) is 3.08. The van der Waals surface area contributed by atoms with Crippen LogP contribution in [0.3, 0.4) is 0 Å².